The maximum atomic E-state index is 3.89. The molecule has 2 aliphatic heterocycles. The number of nitrogens with zero attached hydrogens (tertiary/aromatic N) is 1. The normalized spacial score (nSPS) is 13.7. The van der Waals surface area contributed by atoms with Gasteiger partial charge < -0.3 is 9.88 Å². The Morgan fingerprint density at radius 1 is 0.620 bits per heavy atom. The highest BCUT2D eigenvalue weighted by atomic mass is 32.2. The summed E-state index contributed by atoms with van der Waals surface area (Å²) in [5, 5.41) is 6.47. The first-order valence-corrected chi connectivity index (χ1v) is 18.2. The van der Waals surface area contributed by atoms with Crippen molar-refractivity contribution >= 4 is 63.1 Å². The summed E-state index contributed by atoms with van der Waals surface area (Å²) in [6.45, 7) is 6.95. The maximum absolute atomic E-state index is 3.89. The number of nitrogens with one attached hydrogen (secondary N) is 1. The van der Waals surface area contributed by atoms with Gasteiger partial charge >= 0.3 is 0 Å². The summed E-state index contributed by atoms with van der Waals surface area (Å²) in [6.07, 6.45) is 0. The molecule has 4 heteroatoms. The van der Waals surface area contributed by atoms with Crippen LogP contribution in [0.3, 0.4) is 0 Å². The third-order valence-electron chi connectivity index (χ3n) is 10.8. The molecule has 50 heavy (non-hydrogen) atoms. The molecule has 10 rings (SSSR count). The summed E-state index contributed by atoms with van der Waals surface area (Å²) < 4.78 is 2.51. The van der Waals surface area contributed by atoms with Gasteiger partial charge in [-0.05, 0) is 94.3 Å². The predicted molar refractivity (Wildman–Crippen MR) is 214 cm³/mol. The Labute approximate surface area is 298 Å². The minimum Gasteiger partial charge on any atom is -0.355 e. The number of hydrogen-bond donors (Lipinski definition) is 1. The van der Waals surface area contributed by atoms with Crippen molar-refractivity contribution in [1.29, 1.82) is 0 Å². The molecule has 7 aromatic carbocycles. The monoisotopic (exact) mass is 657 g/mol. The van der Waals surface area contributed by atoms with Crippen LogP contribution in [0.1, 0.15) is 30.5 Å². The van der Waals surface area contributed by atoms with Crippen molar-refractivity contribution in [3.63, 3.8) is 0 Å². The standard InChI is InChI=1S/C46H34BN2S/c1-28-14-7-8-17-31(28)29-24-35(44-41(25-29)49-40-22-11-9-18-32(40)33-19-13-21-38(47-44)45(33)49)34-26-43-37(27-39(34)48-30-15-5-4-6-16-30)46(2,3)36-20-10-12-23-42(36)50-43/h4-27,48H,1-3H3. The zero-order valence-electron chi connectivity index (χ0n) is 28.3. The molecule has 2 aliphatic rings. The Hall–Kier alpha value is -5.45. The van der Waals surface area contributed by atoms with E-state index in [2.05, 4.69) is 184 Å². The van der Waals surface area contributed by atoms with Crippen LogP contribution in [0.4, 0.5) is 11.4 Å². The van der Waals surface area contributed by atoms with Crippen LogP contribution in [-0.4, -0.2) is 11.8 Å². The van der Waals surface area contributed by atoms with Crippen molar-refractivity contribution in [2.24, 2.45) is 0 Å². The van der Waals surface area contributed by atoms with E-state index in [1.54, 1.807) is 0 Å². The minimum atomic E-state index is -0.147. The molecular formula is C46H34BN2S. The van der Waals surface area contributed by atoms with E-state index in [1.165, 1.54) is 87.2 Å². The van der Waals surface area contributed by atoms with Crippen molar-refractivity contribution in [3.8, 4) is 27.9 Å². The lowest BCUT2D eigenvalue weighted by molar-refractivity contribution is 0.608. The van der Waals surface area contributed by atoms with E-state index in [-0.39, 0.29) is 5.41 Å². The van der Waals surface area contributed by atoms with Crippen molar-refractivity contribution in [2.75, 3.05) is 5.32 Å². The molecule has 0 fully saturated rings. The SMILES string of the molecule is Cc1ccccc1-c1cc(-c2cc3c(cc2Nc2ccccc2)C(C)(C)c2ccccc2S3)c2c(c1)-n1c3ccccc3c3cccc(c31)[B]2. The van der Waals surface area contributed by atoms with Gasteiger partial charge in [0.15, 0.2) is 7.28 Å². The Balaban J connectivity index is 1.30. The highest BCUT2D eigenvalue weighted by Crippen LogP contribution is 2.52. The molecule has 3 heterocycles. The zero-order chi connectivity index (χ0) is 33.6. The van der Waals surface area contributed by atoms with Crippen LogP contribution in [0.5, 0.6) is 0 Å². The highest BCUT2D eigenvalue weighted by molar-refractivity contribution is 7.99. The predicted octanol–water partition coefficient (Wildman–Crippen LogP) is 10.9. The first kappa shape index (κ1) is 29.5. The molecule has 0 unspecified atom stereocenters. The third-order valence-corrected chi connectivity index (χ3v) is 11.9. The molecule has 0 spiro atoms. The lowest BCUT2D eigenvalue weighted by Crippen LogP contribution is -2.37. The summed E-state index contributed by atoms with van der Waals surface area (Å²) in [6, 6.07) is 53.6. The molecule has 8 aromatic rings. The van der Waals surface area contributed by atoms with Crippen molar-refractivity contribution < 1.29 is 0 Å². The Kier molecular flexibility index (Phi) is 6.50. The molecule has 0 bridgehead atoms. The molecule has 0 saturated heterocycles. The van der Waals surface area contributed by atoms with Gasteiger partial charge in [-0.25, -0.2) is 0 Å². The summed E-state index contributed by atoms with van der Waals surface area (Å²) in [4.78, 5) is 2.64. The molecule has 237 valence electrons. The van der Waals surface area contributed by atoms with Crippen LogP contribution in [0, 0.1) is 6.92 Å². The van der Waals surface area contributed by atoms with Crippen LogP contribution in [0.25, 0.3) is 49.7 Å². The van der Waals surface area contributed by atoms with Gasteiger partial charge in [0, 0.05) is 54.1 Å². The number of aryl methyl sites for hydroxylation is 1. The Morgan fingerprint density at radius 2 is 1.38 bits per heavy atom. The van der Waals surface area contributed by atoms with E-state index >= 15 is 0 Å². The number of anilines is 2. The lowest BCUT2D eigenvalue weighted by Gasteiger charge is -2.36. The highest BCUT2D eigenvalue weighted by Gasteiger charge is 2.35. The number of rotatable bonds is 4. The molecular weight excluding hydrogens is 623 g/mol. The molecule has 1 N–H and O–H groups in total. The largest absolute Gasteiger partial charge is 0.355 e. The third kappa shape index (κ3) is 4.38. The second-order valence-electron chi connectivity index (χ2n) is 14.1. The Morgan fingerprint density at radius 3 is 2.26 bits per heavy atom. The topological polar surface area (TPSA) is 17.0 Å². The van der Waals surface area contributed by atoms with Crippen LogP contribution in [0.15, 0.2) is 155 Å². The average Bonchev–Trinajstić information content (AvgIpc) is 3.48. The van der Waals surface area contributed by atoms with Crippen LogP contribution in [0.2, 0.25) is 0 Å². The maximum Gasteiger partial charge on any atom is 0.197 e. The van der Waals surface area contributed by atoms with Gasteiger partial charge in [0.25, 0.3) is 0 Å². The molecule has 0 amide bonds. The van der Waals surface area contributed by atoms with E-state index in [4.69, 9.17) is 0 Å². The quantitative estimate of drug-likeness (QED) is 0.190. The molecule has 1 aromatic heterocycles. The fourth-order valence-electron chi connectivity index (χ4n) is 8.31. The van der Waals surface area contributed by atoms with Crippen molar-refractivity contribution in [3.05, 3.63) is 162 Å². The van der Waals surface area contributed by atoms with E-state index < -0.39 is 0 Å². The van der Waals surface area contributed by atoms with Crippen LogP contribution >= 0.6 is 11.8 Å². The van der Waals surface area contributed by atoms with Gasteiger partial charge in [0.1, 0.15) is 0 Å². The van der Waals surface area contributed by atoms with Gasteiger partial charge in [-0.15, -0.1) is 0 Å². The van der Waals surface area contributed by atoms with Gasteiger partial charge in [-0.2, -0.15) is 0 Å². The van der Waals surface area contributed by atoms with Crippen molar-refractivity contribution in [1.82, 2.24) is 4.57 Å². The van der Waals surface area contributed by atoms with Gasteiger partial charge in [-0.3, -0.25) is 0 Å². The number of benzene rings is 7. The lowest BCUT2D eigenvalue weighted by atomic mass is 9.58. The van der Waals surface area contributed by atoms with E-state index in [1.807, 2.05) is 11.8 Å². The molecule has 2 nitrogen and oxygen atoms in total. The smallest absolute Gasteiger partial charge is 0.197 e. The molecule has 1 radical (unpaired) electrons. The van der Waals surface area contributed by atoms with E-state index in [9.17, 15) is 0 Å². The minimum absolute atomic E-state index is 0.147. The van der Waals surface area contributed by atoms with Crippen LogP contribution in [-0.2, 0) is 5.41 Å². The van der Waals surface area contributed by atoms with Crippen LogP contribution < -0.4 is 16.2 Å². The fourth-order valence-corrected chi connectivity index (χ4v) is 9.73. The van der Waals surface area contributed by atoms with Crippen molar-refractivity contribution in [2.45, 2.75) is 36.0 Å². The second kappa shape index (κ2) is 11.0. The molecule has 0 atom stereocenters. The summed E-state index contributed by atoms with van der Waals surface area (Å²) in [7, 11) is 2.42. The van der Waals surface area contributed by atoms with Gasteiger partial charge in [0.05, 0.1) is 5.52 Å². The molecule has 0 saturated carbocycles. The van der Waals surface area contributed by atoms with E-state index in [0.717, 1.165) is 11.4 Å². The Bertz CT molecular complexity index is 2670. The summed E-state index contributed by atoms with van der Waals surface area (Å²) in [5.74, 6) is 0. The first-order chi connectivity index (χ1) is 24.5. The number of hydrogen-bond acceptors (Lipinski definition) is 2. The number of para-hydroxylation sites is 3. The zero-order valence-corrected chi connectivity index (χ0v) is 29.1. The van der Waals surface area contributed by atoms with Gasteiger partial charge in [-0.1, -0.05) is 128 Å². The average molecular weight is 658 g/mol. The summed E-state index contributed by atoms with van der Waals surface area (Å²) >= 11 is 1.89. The fraction of sp³-hybridized carbons (Fsp3) is 0.0870. The van der Waals surface area contributed by atoms with Gasteiger partial charge in [0.2, 0.25) is 0 Å². The second-order valence-corrected chi connectivity index (χ2v) is 15.2. The molecule has 0 aliphatic carbocycles. The number of aromatic nitrogens is 1. The first-order valence-electron chi connectivity index (χ1n) is 17.4. The van der Waals surface area contributed by atoms with E-state index in [0.29, 0.717) is 0 Å². The number of fused-ring (bicyclic) bond motifs is 7. The summed E-state index contributed by atoms with van der Waals surface area (Å²) in [5.41, 5.74) is 17.1.